The van der Waals surface area contributed by atoms with E-state index in [2.05, 4.69) is 28.0 Å². The van der Waals surface area contributed by atoms with Crippen molar-refractivity contribution in [2.75, 3.05) is 18.0 Å². The van der Waals surface area contributed by atoms with Crippen LogP contribution in [0.1, 0.15) is 30.1 Å². The summed E-state index contributed by atoms with van der Waals surface area (Å²) >= 11 is 0. The number of hydrogen-bond acceptors (Lipinski definition) is 4. The SMILES string of the molecule is C#CCNC(=O)c1ccc(N2C[C@H](C(N)=O)CC[C@H]2C)nc1. The van der Waals surface area contributed by atoms with Crippen molar-refractivity contribution in [3.05, 3.63) is 23.9 Å². The Labute approximate surface area is 130 Å². The van der Waals surface area contributed by atoms with Gasteiger partial charge in [-0.05, 0) is 31.9 Å². The first-order valence-electron chi connectivity index (χ1n) is 7.26. The van der Waals surface area contributed by atoms with E-state index in [0.29, 0.717) is 12.1 Å². The summed E-state index contributed by atoms with van der Waals surface area (Å²) in [6.45, 7) is 2.84. The number of carbonyl (C=O) groups is 2. The molecule has 1 aliphatic heterocycles. The van der Waals surface area contributed by atoms with E-state index in [4.69, 9.17) is 12.2 Å². The van der Waals surface area contributed by atoms with Crippen molar-refractivity contribution in [2.24, 2.45) is 11.7 Å². The Bertz CT molecular complexity index is 591. The van der Waals surface area contributed by atoms with Crippen molar-refractivity contribution < 1.29 is 9.59 Å². The van der Waals surface area contributed by atoms with Gasteiger partial charge in [-0.3, -0.25) is 9.59 Å². The van der Waals surface area contributed by atoms with Gasteiger partial charge >= 0.3 is 0 Å². The molecule has 6 heteroatoms. The second-order valence-corrected chi connectivity index (χ2v) is 5.47. The maximum atomic E-state index is 11.8. The Balaban J connectivity index is 2.10. The fraction of sp³-hybridized carbons (Fsp3) is 0.438. The topological polar surface area (TPSA) is 88.3 Å². The summed E-state index contributed by atoms with van der Waals surface area (Å²) in [5.41, 5.74) is 5.86. The van der Waals surface area contributed by atoms with Gasteiger partial charge in [0.25, 0.3) is 5.91 Å². The first-order chi connectivity index (χ1) is 10.5. The minimum atomic E-state index is -0.276. The van der Waals surface area contributed by atoms with E-state index in [1.54, 1.807) is 12.1 Å². The van der Waals surface area contributed by atoms with Gasteiger partial charge in [0.2, 0.25) is 5.91 Å². The lowest BCUT2D eigenvalue weighted by Gasteiger charge is -2.37. The van der Waals surface area contributed by atoms with Crippen LogP contribution < -0.4 is 16.0 Å². The second-order valence-electron chi connectivity index (χ2n) is 5.47. The molecule has 2 amide bonds. The Morgan fingerprint density at radius 3 is 2.86 bits per heavy atom. The Morgan fingerprint density at radius 2 is 2.27 bits per heavy atom. The minimum Gasteiger partial charge on any atom is -0.369 e. The molecule has 1 aromatic heterocycles. The molecule has 1 aliphatic rings. The highest BCUT2D eigenvalue weighted by atomic mass is 16.2. The number of primary amides is 1. The summed E-state index contributed by atoms with van der Waals surface area (Å²) in [4.78, 5) is 29.6. The third-order valence-electron chi connectivity index (χ3n) is 3.94. The smallest absolute Gasteiger partial charge is 0.253 e. The van der Waals surface area contributed by atoms with Gasteiger partial charge < -0.3 is 16.0 Å². The molecule has 2 atom stereocenters. The monoisotopic (exact) mass is 300 g/mol. The van der Waals surface area contributed by atoms with E-state index in [0.717, 1.165) is 18.7 Å². The lowest BCUT2D eigenvalue weighted by molar-refractivity contribution is -0.122. The third kappa shape index (κ3) is 3.55. The molecule has 1 fully saturated rings. The number of hydrogen-bond donors (Lipinski definition) is 2. The highest BCUT2D eigenvalue weighted by Crippen LogP contribution is 2.26. The number of anilines is 1. The summed E-state index contributed by atoms with van der Waals surface area (Å²) in [6.07, 6.45) is 8.31. The maximum Gasteiger partial charge on any atom is 0.253 e. The van der Waals surface area contributed by atoms with E-state index < -0.39 is 0 Å². The van der Waals surface area contributed by atoms with E-state index in [1.807, 2.05) is 0 Å². The molecule has 0 unspecified atom stereocenters. The number of nitrogens with two attached hydrogens (primary N) is 1. The molecule has 2 rings (SSSR count). The van der Waals surface area contributed by atoms with Crippen LogP contribution in [0.25, 0.3) is 0 Å². The van der Waals surface area contributed by atoms with Crippen LogP contribution in [0.15, 0.2) is 18.3 Å². The number of pyridine rings is 1. The van der Waals surface area contributed by atoms with Gasteiger partial charge in [-0.25, -0.2) is 4.98 Å². The molecule has 3 N–H and O–H groups in total. The van der Waals surface area contributed by atoms with Gasteiger partial charge in [0.1, 0.15) is 5.82 Å². The standard InChI is InChI=1S/C16H20N4O2/c1-3-8-18-16(22)12-6-7-14(19-9-12)20-10-13(15(17)21)5-4-11(20)2/h1,6-7,9,11,13H,4-5,8,10H2,2H3,(H2,17,21)(H,18,22)/t11-,13-/m1/s1. The molecule has 6 nitrogen and oxygen atoms in total. The van der Waals surface area contributed by atoms with Crippen LogP contribution in [0, 0.1) is 18.3 Å². The Kier molecular flexibility index (Phi) is 4.99. The van der Waals surface area contributed by atoms with Gasteiger partial charge in [-0.2, -0.15) is 0 Å². The zero-order valence-electron chi connectivity index (χ0n) is 12.6. The van der Waals surface area contributed by atoms with E-state index in [-0.39, 0.29) is 30.3 Å². The van der Waals surface area contributed by atoms with Gasteiger partial charge in [-0.15, -0.1) is 6.42 Å². The van der Waals surface area contributed by atoms with Crippen LogP contribution in [0.3, 0.4) is 0 Å². The van der Waals surface area contributed by atoms with Crippen LogP contribution in [-0.2, 0) is 4.79 Å². The van der Waals surface area contributed by atoms with Crippen molar-refractivity contribution in [3.63, 3.8) is 0 Å². The van der Waals surface area contributed by atoms with Gasteiger partial charge in [-0.1, -0.05) is 5.92 Å². The first kappa shape index (κ1) is 15.8. The molecule has 22 heavy (non-hydrogen) atoms. The number of carbonyl (C=O) groups excluding carboxylic acids is 2. The molecule has 0 aromatic carbocycles. The maximum absolute atomic E-state index is 11.8. The lowest BCUT2D eigenvalue weighted by Crippen LogP contribution is -2.46. The van der Waals surface area contributed by atoms with Gasteiger partial charge in [0.05, 0.1) is 18.0 Å². The molecule has 0 aliphatic carbocycles. The van der Waals surface area contributed by atoms with Crippen LogP contribution in [0.4, 0.5) is 5.82 Å². The van der Waals surface area contributed by atoms with Crippen LogP contribution in [0.2, 0.25) is 0 Å². The summed E-state index contributed by atoms with van der Waals surface area (Å²) in [5, 5.41) is 2.59. The largest absolute Gasteiger partial charge is 0.369 e. The lowest BCUT2D eigenvalue weighted by atomic mass is 9.93. The Hall–Kier alpha value is -2.55. The van der Waals surface area contributed by atoms with Crippen molar-refractivity contribution in [1.82, 2.24) is 10.3 Å². The van der Waals surface area contributed by atoms with Crippen molar-refractivity contribution >= 4 is 17.6 Å². The van der Waals surface area contributed by atoms with E-state index in [1.165, 1.54) is 6.20 Å². The number of rotatable bonds is 4. The third-order valence-corrected chi connectivity index (χ3v) is 3.94. The van der Waals surface area contributed by atoms with Crippen LogP contribution in [-0.4, -0.2) is 35.9 Å². The average molecular weight is 300 g/mol. The van der Waals surface area contributed by atoms with Crippen molar-refractivity contribution in [3.8, 4) is 12.3 Å². The number of nitrogens with one attached hydrogen (secondary N) is 1. The number of terminal acetylenes is 1. The summed E-state index contributed by atoms with van der Waals surface area (Å²) in [5.74, 6) is 2.41. The normalized spacial score (nSPS) is 21.0. The number of amides is 2. The first-order valence-corrected chi connectivity index (χ1v) is 7.26. The van der Waals surface area contributed by atoms with Gasteiger partial charge in [0.15, 0.2) is 0 Å². The van der Waals surface area contributed by atoms with E-state index >= 15 is 0 Å². The zero-order valence-corrected chi connectivity index (χ0v) is 12.6. The molecule has 1 aromatic rings. The van der Waals surface area contributed by atoms with Crippen LogP contribution in [0.5, 0.6) is 0 Å². The van der Waals surface area contributed by atoms with Crippen molar-refractivity contribution in [1.29, 1.82) is 0 Å². The average Bonchev–Trinajstić information content (AvgIpc) is 2.53. The molecular formula is C16H20N4O2. The molecule has 0 radical (unpaired) electrons. The number of aromatic nitrogens is 1. The van der Waals surface area contributed by atoms with Crippen molar-refractivity contribution in [2.45, 2.75) is 25.8 Å². The highest BCUT2D eigenvalue weighted by molar-refractivity contribution is 5.94. The van der Waals surface area contributed by atoms with Crippen LogP contribution >= 0.6 is 0 Å². The zero-order chi connectivity index (χ0) is 16.1. The fourth-order valence-corrected chi connectivity index (χ4v) is 2.58. The molecule has 0 bridgehead atoms. The predicted octanol–water partition coefficient (Wildman–Crippen LogP) is 0.535. The van der Waals surface area contributed by atoms with E-state index in [9.17, 15) is 9.59 Å². The summed E-state index contributed by atoms with van der Waals surface area (Å²) in [7, 11) is 0. The summed E-state index contributed by atoms with van der Waals surface area (Å²) in [6, 6.07) is 3.77. The molecule has 116 valence electrons. The highest BCUT2D eigenvalue weighted by Gasteiger charge is 2.29. The quantitative estimate of drug-likeness (QED) is 0.794. The minimum absolute atomic E-state index is 0.156. The number of piperidine rings is 1. The van der Waals surface area contributed by atoms with Gasteiger partial charge in [0, 0.05) is 18.8 Å². The molecule has 0 saturated carbocycles. The predicted molar refractivity (Wildman–Crippen MR) is 84.1 cm³/mol. The number of nitrogens with zero attached hydrogens (tertiary/aromatic N) is 2. The second kappa shape index (κ2) is 6.94. The Morgan fingerprint density at radius 1 is 1.50 bits per heavy atom. The molecular weight excluding hydrogens is 280 g/mol. The molecule has 1 saturated heterocycles. The molecule has 2 heterocycles. The summed E-state index contributed by atoms with van der Waals surface area (Å²) < 4.78 is 0. The molecule has 0 spiro atoms. The fourth-order valence-electron chi connectivity index (χ4n) is 2.58.